The predicted octanol–water partition coefficient (Wildman–Crippen LogP) is 1.75. The zero-order valence-electron chi connectivity index (χ0n) is 13.6. The van der Waals surface area contributed by atoms with E-state index in [9.17, 15) is 9.59 Å². The van der Waals surface area contributed by atoms with Gasteiger partial charge in [0.25, 0.3) is 0 Å². The number of ether oxygens (including phenoxy) is 1. The third-order valence-electron chi connectivity index (χ3n) is 4.62. The van der Waals surface area contributed by atoms with Crippen molar-refractivity contribution >= 4 is 11.8 Å². The van der Waals surface area contributed by atoms with E-state index in [1.54, 1.807) is 7.11 Å². The minimum atomic E-state index is -0.0517. The number of piperidine rings is 1. The number of carbonyl (C=O) groups excluding carboxylic acids is 2. The monoisotopic (exact) mass is 316 g/mol. The molecular formula is C18H24N2O3. The molecule has 1 aliphatic heterocycles. The number of hydrogen-bond acceptors (Lipinski definition) is 3. The summed E-state index contributed by atoms with van der Waals surface area (Å²) in [5.74, 6) is 1.06. The van der Waals surface area contributed by atoms with E-state index in [1.165, 1.54) is 5.56 Å². The summed E-state index contributed by atoms with van der Waals surface area (Å²) in [6.07, 6.45) is 4.14. The number of nitrogens with one attached hydrogen (secondary N) is 1. The van der Waals surface area contributed by atoms with E-state index in [0.29, 0.717) is 32.0 Å². The minimum absolute atomic E-state index is 0.0517. The fourth-order valence-corrected chi connectivity index (χ4v) is 2.95. The molecule has 0 unspecified atom stereocenters. The van der Waals surface area contributed by atoms with Crippen LogP contribution in [-0.2, 0) is 16.0 Å². The van der Waals surface area contributed by atoms with Crippen molar-refractivity contribution in [3.05, 3.63) is 29.8 Å². The van der Waals surface area contributed by atoms with Crippen LogP contribution in [0.2, 0.25) is 0 Å². The Labute approximate surface area is 137 Å². The van der Waals surface area contributed by atoms with E-state index in [0.717, 1.165) is 25.0 Å². The van der Waals surface area contributed by atoms with Gasteiger partial charge in [-0.2, -0.15) is 0 Å². The zero-order chi connectivity index (χ0) is 16.2. The van der Waals surface area contributed by atoms with Crippen LogP contribution in [0, 0.1) is 5.92 Å². The molecule has 1 heterocycles. The molecule has 0 radical (unpaired) electrons. The molecule has 2 amide bonds. The summed E-state index contributed by atoms with van der Waals surface area (Å²) in [6.45, 7) is 1.21. The molecule has 1 saturated carbocycles. The van der Waals surface area contributed by atoms with Gasteiger partial charge in [0.15, 0.2) is 0 Å². The topological polar surface area (TPSA) is 58.6 Å². The smallest absolute Gasteiger partial charge is 0.225 e. The van der Waals surface area contributed by atoms with Crippen LogP contribution in [0.25, 0.3) is 0 Å². The molecule has 0 aromatic heterocycles. The standard InChI is InChI=1S/C18H24N2O3/c1-23-16-7-2-13(3-8-16)10-11-20-12-14(4-9-17(20)21)18(22)19-15-5-6-15/h2-3,7-8,14-15H,4-6,9-12H2,1H3,(H,19,22)/t14-/m1/s1. The van der Waals surface area contributed by atoms with E-state index in [-0.39, 0.29) is 17.7 Å². The summed E-state index contributed by atoms with van der Waals surface area (Å²) in [6, 6.07) is 8.28. The van der Waals surface area contributed by atoms with Crippen LogP contribution in [0.3, 0.4) is 0 Å². The van der Waals surface area contributed by atoms with Crippen LogP contribution in [0.5, 0.6) is 5.75 Å². The van der Waals surface area contributed by atoms with E-state index in [4.69, 9.17) is 4.74 Å². The Morgan fingerprint density at radius 2 is 2.00 bits per heavy atom. The van der Waals surface area contributed by atoms with Gasteiger partial charge in [0.2, 0.25) is 11.8 Å². The summed E-state index contributed by atoms with van der Waals surface area (Å²) < 4.78 is 5.15. The Balaban J connectivity index is 1.52. The van der Waals surface area contributed by atoms with E-state index in [1.807, 2.05) is 29.2 Å². The van der Waals surface area contributed by atoms with Crippen molar-refractivity contribution in [3.63, 3.8) is 0 Å². The molecule has 1 saturated heterocycles. The second-order valence-corrected chi connectivity index (χ2v) is 6.46. The molecule has 1 atom stereocenters. The molecule has 1 aromatic rings. The van der Waals surface area contributed by atoms with Crippen molar-refractivity contribution < 1.29 is 14.3 Å². The van der Waals surface area contributed by atoms with Crippen molar-refractivity contribution in [1.82, 2.24) is 10.2 Å². The first kappa shape index (κ1) is 15.8. The van der Waals surface area contributed by atoms with E-state index >= 15 is 0 Å². The molecule has 3 rings (SSSR count). The van der Waals surface area contributed by atoms with Gasteiger partial charge in [0.1, 0.15) is 5.75 Å². The van der Waals surface area contributed by atoms with Crippen LogP contribution < -0.4 is 10.1 Å². The number of methoxy groups -OCH3 is 1. The van der Waals surface area contributed by atoms with Gasteiger partial charge in [-0.25, -0.2) is 0 Å². The first-order valence-corrected chi connectivity index (χ1v) is 8.37. The van der Waals surface area contributed by atoms with Gasteiger partial charge in [-0.1, -0.05) is 12.1 Å². The highest BCUT2D eigenvalue weighted by Gasteiger charge is 2.32. The second kappa shape index (κ2) is 7.02. The molecule has 1 aliphatic carbocycles. The average Bonchev–Trinajstić information content (AvgIpc) is 3.38. The number of amides is 2. The third kappa shape index (κ3) is 4.24. The predicted molar refractivity (Wildman–Crippen MR) is 87.2 cm³/mol. The second-order valence-electron chi connectivity index (χ2n) is 6.46. The lowest BCUT2D eigenvalue weighted by atomic mass is 9.96. The maximum Gasteiger partial charge on any atom is 0.225 e. The quantitative estimate of drug-likeness (QED) is 0.870. The Kier molecular flexibility index (Phi) is 4.84. The summed E-state index contributed by atoms with van der Waals surface area (Å²) in [7, 11) is 1.65. The molecule has 0 spiro atoms. The summed E-state index contributed by atoms with van der Waals surface area (Å²) in [5, 5.41) is 3.05. The van der Waals surface area contributed by atoms with Crippen molar-refractivity contribution in [2.45, 2.75) is 38.1 Å². The van der Waals surface area contributed by atoms with Crippen LogP contribution in [-0.4, -0.2) is 43.0 Å². The minimum Gasteiger partial charge on any atom is -0.497 e. The molecule has 23 heavy (non-hydrogen) atoms. The highest BCUT2D eigenvalue weighted by atomic mass is 16.5. The number of likely N-dealkylation sites (tertiary alicyclic amines) is 1. The lowest BCUT2D eigenvalue weighted by Crippen LogP contribution is -2.46. The summed E-state index contributed by atoms with van der Waals surface area (Å²) >= 11 is 0. The van der Waals surface area contributed by atoms with E-state index < -0.39 is 0 Å². The van der Waals surface area contributed by atoms with Gasteiger partial charge >= 0.3 is 0 Å². The lowest BCUT2D eigenvalue weighted by Gasteiger charge is -2.32. The molecule has 124 valence electrons. The van der Waals surface area contributed by atoms with Gasteiger partial charge in [-0.3, -0.25) is 9.59 Å². The number of carbonyl (C=O) groups is 2. The first-order chi connectivity index (χ1) is 11.2. The fraction of sp³-hybridized carbons (Fsp3) is 0.556. The number of benzene rings is 1. The Morgan fingerprint density at radius 3 is 2.65 bits per heavy atom. The highest BCUT2D eigenvalue weighted by molar-refractivity contribution is 5.84. The molecule has 2 fully saturated rings. The average molecular weight is 316 g/mol. The fourth-order valence-electron chi connectivity index (χ4n) is 2.95. The normalized spacial score (nSPS) is 21.2. The summed E-state index contributed by atoms with van der Waals surface area (Å²) in [5.41, 5.74) is 1.17. The number of nitrogens with zero attached hydrogens (tertiary/aromatic N) is 1. The first-order valence-electron chi connectivity index (χ1n) is 8.37. The van der Waals surface area contributed by atoms with Crippen LogP contribution in [0.15, 0.2) is 24.3 Å². The van der Waals surface area contributed by atoms with Crippen LogP contribution in [0.1, 0.15) is 31.2 Å². The molecule has 0 bridgehead atoms. The van der Waals surface area contributed by atoms with Gasteiger partial charge < -0.3 is 15.0 Å². The number of hydrogen-bond donors (Lipinski definition) is 1. The number of rotatable bonds is 6. The van der Waals surface area contributed by atoms with Gasteiger partial charge in [0, 0.05) is 25.6 Å². The maximum absolute atomic E-state index is 12.2. The van der Waals surface area contributed by atoms with Gasteiger partial charge in [-0.05, 0) is 43.4 Å². The molecule has 5 heteroatoms. The third-order valence-corrected chi connectivity index (χ3v) is 4.62. The molecule has 2 aliphatic rings. The van der Waals surface area contributed by atoms with Crippen molar-refractivity contribution in [1.29, 1.82) is 0 Å². The van der Waals surface area contributed by atoms with Crippen molar-refractivity contribution in [3.8, 4) is 5.75 Å². The van der Waals surface area contributed by atoms with Crippen molar-refractivity contribution in [2.24, 2.45) is 5.92 Å². The van der Waals surface area contributed by atoms with Gasteiger partial charge in [-0.15, -0.1) is 0 Å². The molecule has 1 N–H and O–H groups in total. The van der Waals surface area contributed by atoms with Crippen LogP contribution in [0.4, 0.5) is 0 Å². The lowest BCUT2D eigenvalue weighted by molar-refractivity contribution is -0.138. The molecular weight excluding hydrogens is 292 g/mol. The molecule has 5 nitrogen and oxygen atoms in total. The Bertz CT molecular complexity index is 566. The molecule has 1 aromatic carbocycles. The Morgan fingerprint density at radius 1 is 1.26 bits per heavy atom. The SMILES string of the molecule is COc1ccc(CCN2C[C@H](C(=O)NC3CC3)CCC2=O)cc1. The van der Waals surface area contributed by atoms with Gasteiger partial charge in [0.05, 0.1) is 13.0 Å². The highest BCUT2D eigenvalue weighted by Crippen LogP contribution is 2.23. The Hall–Kier alpha value is -2.04. The summed E-state index contributed by atoms with van der Waals surface area (Å²) in [4.78, 5) is 26.1. The maximum atomic E-state index is 12.2. The van der Waals surface area contributed by atoms with E-state index in [2.05, 4.69) is 5.32 Å². The largest absolute Gasteiger partial charge is 0.497 e. The van der Waals surface area contributed by atoms with Crippen LogP contribution >= 0.6 is 0 Å². The zero-order valence-corrected chi connectivity index (χ0v) is 13.6. The van der Waals surface area contributed by atoms with Crippen molar-refractivity contribution in [2.75, 3.05) is 20.2 Å².